The van der Waals surface area contributed by atoms with Crippen LogP contribution in [-0.4, -0.2) is 26.9 Å². The van der Waals surface area contributed by atoms with Crippen LogP contribution in [0.5, 0.6) is 0 Å². The number of primary amides is 1. The fraction of sp³-hybridized carbons (Fsp3) is 0.462. The molecule has 1 aromatic rings. The molecule has 0 aliphatic heterocycles. The molecule has 1 aromatic carbocycles. The standard InChI is InChI=1S/C13H21N3O3S/c1-10-5-7-11(8-6-10)20(18,19)16-12(13(15)17)4-2-3-9-14/h5-8,12,16H,2-4,9,14H2,1H3,(H2,15,17)/t12-/m1/s1. The topological polar surface area (TPSA) is 115 Å². The van der Waals surface area contributed by atoms with Crippen molar-refractivity contribution in [3.8, 4) is 0 Å². The van der Waals surface area contributed by atoms with Gasteiger partial charge in [0.05, 0.1) is 4.90 Å². The van der Waals surface area contributed by atoms with Crippen LogP contribution in [0.3, 0.4) is 0 Å². The SMILES string of the molecule is Cc1ccc(S(=O)(=O)N[C@H](CCCCN)C(N)=O)cc1. The minimum atomic E-state index is -3.74. The molecule has 1 atom stereocenters. The summed E-state index contributed by atoms with van der Waals surface area (Å²) in [7, 11) is -3.74. The van der Waals surface area contributed by atoms with E-state index in [1.807, 2.05) is 6.92 Å². The molecule has 0 bridgehead atoms. The Hall–Kier alpha value is -1.44. The van der Waals surface area contributed by atoms with Crippen LogP contribution in [0, 0.1) is 6.92 Å². The first-order valence-corrected chi connectivity index (χ1v) is 7.93. The predicted molar refractivity (Wildman–Crippen MR) is 77.4 cm³/mol. The molecule has 0 saturated carbocycles. The van der Waals surface area contributed by atoms with Crippen molar-refractivity contribution in [2.45, 2.75) is 37.1 Å². The van der Waals surface area contributed by atoms with Crippen molar-refractivity contribution >= 4 is 15.9 Å². The van der Waals surface area contributed by atoms with Gasteiger partial charge in [-0.05, 0) is 38.4 Å². The van der Waals surface area contributed by atoms with Crippen molar-refractivity contribution in [3.63, 3.8) is 0 Å². The summed E-state index contributed by atoms with van der Waals surface area (Å²) in [5.74, 6) is -0.683. The van der Waals surface area contributed by atoms with Crippen LogP contribution in [0.1, 0.15) is 24.8 Å². The van der Waals surface area contributed by atoms with E-state index in [-0.39, 0.29) is 4.90 Å². The zero-order chi connectivity index (χ0) is 15.2. The summed E-state index contributed by atoms with van der Waals surface area (Å²) in [5.41, 5.74) is 11.6. The third kappa shape index (κ3) is 4.92. The van der Waals surface area contributed by atoms with Crippen LogP contribution < -0.4 is 16.2 Å². The number of unbranched alkanes of at least 4 members (excludes halogenated alkanes) is 1. The number of carbonyl (C=O) groups is 1. The van der Waals surface area contributed by atoms with E-state index in [1.54, 1.807) is 12.1 Å². The molecule has 1 amide bonds. The summed E-state index contributed by atoms with van der Waals surface area (Å²) in [6, 6.07) is 5.48. The Labute approximate surface area is 119 Å². The van der Waals surface area contributed by atoms with Gasteiger partial charge in [0.2, 0.25) is 15.9 Å². The second-order valence-corrected chi connectivity index (χ2v) is 6.39. The highest BCUT2D eigenvalue weighted by Gasteiger charge is 2.23. The molecule has 20 heavy (non-hydrogen) atoms. The number of rotatable bonds is 8. The quantitative estimate of drug-likeness (QED) is 0.597. The molecular weight excluding hydrogens is 278 g/mol. The first kappa shape index (κ1) is 16.6. The lowest BCUT2D eigenvalue weighted by Crippen LogP contribution is -2.44. The van der Waals surface area contributed by atoms with Crippen molar-refractivity contribution in [1.29, 1.82) is 0 Å². The number of sulfonamides is 1. The van der Waals surface area contributed by atoms with Crippen molar-refractivity contribution in [2.24, 2.45) is 11.5 Å². The first-order chi connectivity index (χ1) is 9.36. The first-order valence-electron chi connectivity index (χ1n) is 6.45. The average molecular weight is 299 g/mol. The van der Waals surface area contributed by atoms with E-state index in [9.17, 15) is 13.2 Å². The molecular formula is C13H21N3O3S. The van der Waals surface area contributed by atoms with E-state index in [1.165, 1.54) is 12.1 Å². The summed E-state index contributed by atoms with van der Waals surface area (Å²) in [4.78, 5) is 11.4. The van der Waals surface area contributed by atoms with Crippen LogP contribution in [-0.2, 0) is 14.8 Å². The van der Waals surface area contributed by atoms with Gasteiger partial charge in [-0.1, -0.05) is 24.1 Å². The molecule has 0 unspecified atom stereocenters. The summed E-state index contributed by atoms with van der Waals surface area (Å²) in [6.07, 6.45) is 1.70. The van der Waals surface area contributed by atoms with Gasteiger partial charge in [0.25, 0.3) is 0 Å². The molecule has 112 valence electrons. The maximum absolute atomic E-state index is 12.1. The number of aryl methyl sites for hydroxylation is 1. The van der Waals surface area contributed by atoms with Crippen LogP contribution >= 0.6 is 0 Å². The molecule has 0 aromatic heterocycles. The van der Waals surface area contributed by atoms with Gasteiger partial charge in [0.15, 0.2) is 0 Å². The van der Waals surface area contributed by atoms with Gasteiger partial charge in [0.1, 0.15) is 6.04 Å². The number of nitrogens with one attached hydrogen (secondary N) is 1. The number of benzene rings is 1. The van der Waals surface area contributed by atoms with Gasteiger partial charge >= 0.3 is 0 Å². The molecule has 6 nitrogen and oxygen atoms in total. The molecule has 0 aliphatic carbocycles. The lowest BCUT2D eigenvalue weighted by atomic mass is 10.1. The predicted octanol–water partition coefficient (Wildman–Crippen LogP) is 0.256. The Morgan fingerprint density at radius 1 is 1.25 bits per heavy atom. The maximum Gasteiger partial charge on any atom is 0.241 e. The lowest BCUT2D eigenvalue weighted by molar-refractivity contribution is -0.119. The number of hydrogen-bond acceptors (Lipinski definition) is 4. The van der Waals surface area contributed by atoms with Crippen molar-refractivity contribution in [1.82, 2.24) is 4.72 Å². The van der Waals surface area contributed by atoms with Crippen LogP contribution in [0.2, 0.25) is 0 Å². The van der Waals surface area contributed by atoms with E-state index in [2.05, 4.69) is 4.72 Å². The number of carbonyl (C=O) groups excluding carboxylic acids is 1. The highest BCUT2D eigenvalue weighted by Crippen LogP contribution is 2.12. The molecule has 0 fully saturated rings. The summed E-state index contributed by atoms with van der Waals surface area (Å²) in [5, 5.41) is 0. The molecule has 5 N–H and O–H groups in total. The van der Waals surface area contributed by atoms with E-state index >= 15 is 0 Å². The zero-order valence-corrected chi connectivity index (χ0v) is 12.3. The molecule has 7 heteroatoms. The second kappa shape index (κ2) is 7.37. The molecule has 0 heterocycles. The zero-order valence-electron chi connectivity index (χ0n) is 11.5. The Kier molecular flexibility index (Phi) is 6.12. The number of amides is 1. The fourth-order valence-corrected chi connectivity index (χ4v) is 2.96. The van der Waals surface area contributed by atoms with Crippen molar-refractivity contribution in [3.05, 3.63) is 29.8 Å². The molecule has 0 radical (unpaired) electrons. The molecule has 0 saturated heterocycles. The van der Waals surface area contributed by atoms with Crippen LogP contribution in [0.4, 0.5) is 0 Å². The minimum absolute atomic E-state index is 0.119. The monoisotopic (exact) mass is 299 g/mol. The summed E-state index contributed by atoms with van der Waals surface area (Å²) >= 11 is 0. The lowest BCUT2D eigenvalue weighted by Gasteiger charge is -2.15. The van der Waals surface area contributed by atoms with Gasteiger partial charge in [-0.2, -0.15) is 4.72 Å². The third-order valence-corrected chi connectivity index (χ3v) is 4.41. The Morgan fingerprint density at radius 3 is 2.35 bits per heavy atom. The van der Waals surface area contributed by atoms with E-state index in [0.717, 1.165) is 12.0 Å². The summed E-state index contributed by atoms with van der Waals surface area (Å²) in [6.45, 7) is 2.36. The van der Waals surface area contributed by atoms with Gasteiger partial charge in [0, 0.05) is 0 Å². The molecule has 1 rings (SSSR count). The minimum Gasteiger partial charge on any atom is -0.368 e. The number of hydrogen-bond donors (Lipinski definition) is 3. The highest BCUT2D eigenvalue weighted by atomic mass is 32.2. The van der Waals surface area contributed by atoms with Crippen molar-refractivity contribution < 1.29 is 13.2 Å². The van der Waals surface area contributed by atoms with Crippen LogP contribution in [0.15, 0.2) is 29.2 Å². The summed E-state index contributed by atoms with van der Waals surface area (Å²) < 4.78 is 26.6. The highest BCUT2D eigenvalue weighted by molar-refractivity contribution is 7.89. The largest absolute Gasteiger partial charge is 0.368 e. The normalized spacial score (nSPS) is 13.1. The molecule has 0 spiro atoms. The van der Waals surface area contributed by atoms with Gasteiger partial charge in [-0.3, -0.25) is 4.79 Å². The van der Waals surface area contributed by atoms with Gasteiger partial charge in [-0.15, -0.1) is 0 Å². The Bertz CT molecular complexity index is 540. The van der Waals surface area contributed by atoms with E-state index < -0.39 is 22.0 Å². The van der Waals surface area contributed by atoms with E-state index in [4.69, 9.17) is 11.5 Å². The smallest absolute Gasteiger partial charge is 0.241 e. The third-order valence-electron chi connectivity index (χ3n) is 2.92. The van der Waals surface area contributed by atoms with Gasteiger partial charge in [-0.25, -0.2) is 8.42 Å². The molecule has 0 aliphatic rings. The fourth-order valence-electron chi connectivity index (χ4n) is 1.72. The van der Waals surface area contributed by atoms with Crippen LogP contribution in [0.25, 0.3) is 0 Å². The average Bonchev–Trinajstić information content (AvgIpc) is 2.38. The number of nitrogens with two attached hydrogens (primary N) is 2. The van der Waals surface area contributed by atoms with E-state index in [0.29, 0.717) is 19.4 Å². The maximum atomic E-state index is 12.1. The second-order valence-electron chi connectivity index (χ2n) is 4.67. The van der Waals surface area contributed by atoms with Gasteiger partial charge < -0.3 is 11.5 Å². The Morgan fingerprint density at radius 2 is 1.85 bits per heavy atom. The van der Waals surface area contributed by atoms with Crippen molar-refractivity contribution in [2.75, 3.05) is 6.54 Å². The Balaban J connectivity index is 2.80.